The highest BCUT2D eigenvalue weighted by molar-refractivity contribution is 5.81. The molecule has 4 nitrogen and oxygen atoms in total. The highest BCUT2D eigenvalue weighted by Gasteiger charge is 2.20. The second kappa shape index (κ2) is 6.65. The molecule has 1 amide bonds. The van der Waals surface area contributed by atoms with Gasteiger partial charge in [-0.3, -0.25) is 4.79 Å². The van der Waals surface area contributed by atoms with Crippen molar-refractivity contribution in [2.75, 3.05) is 7.11 Å². The summed E-state index contributed by atoms with van der Waals surface area (Å²) in [4.78, 5) is 11.8. The highest BCUT2D eigenvalue weighted by Crippen LogP contribution is 2.20. The van der Waals surface area contributed by atoms with Gasteiger partial charge in [-0.05, 0) is 25.5 Å². The van der Waals surface area contributed by atoms with Gasteiger partial charge in [0, 0.05) is 12.5 Å². The molecule has 1 aromatic rings. The van der Waals surface area contributed by atoms with Gasteiger partial charge in [-0.25, -0.2) is 0 Å². The molecule has 0 aromatic heterocycles. The Hall–Kier alpha value is -2.02. The summed E-state index contributed by atoms with van der Waals surface area (Å²) in [5.74, 6) is -0.225. The third-order valence-electron chi connectivity index (χ3n) is 2.52. The monoisotopic (exact) mass is 246 g/mol. The highest BCUT2D eigenvalue weighted by atomic mass is 16.5. The standard InChI is InChI=1S/C14H18N2O2/c1-10(2)16-14(17)12(9-15)8-11-6-4-5-7-13(11)18-3/h4-7,10,12H,8H2,1-3H3,(H,16,17). The molecule has 0 saturated carbocycles. The zero-order valence-electron chi connectivity index (χ0n) is 10.9. The summed E-state index contributed by atoms with van der Waals surface area (Å²) in [6.45, 7) is 3.74. The molecule has 1 rings (SSSR count). The second-order valence-corrected chi connectivity index (χ2v) is 4.36. The Morgan fingerprint density at radius 2 is 2.11 bits per heavy atom. The zero-order valence-corrected chi connectivity index (χ0v) is 10.9. The summed E-state index contributed by atoms with van der Waals surface area (Å²) in [6, 6.07) is 9.49. The van der Waals surface area contributed by atoms with Gasteiger partial charge < -0.3 is 10.1 Å². The number of carbonyl (C=O) groups is 1. The van der Waals surface area contributed by atoms with E-state index in [1.807, 2.05) is 44.2 Å². The van der Waals surface area contributed by atoms with Crippen LogP contribution in [0, 0.1) is 17.2 Å². The van der Waals surface area contributed by atoms with Crippen LogP contribution in [0.15, 0.2) is 24.3 Å². The van der Waals surface area contributed by atoms with Crippen LogP contribution in [-0.2, 0) is 11.2 Å². The van der Waals surface area contributed by atoms with Gasteiger partial charge in [0.25, 0.3) is 0 Å². The topological polar surface area (TPSA) is 62.1 Å². The number of methoxy groups -OCH3 is 1. The van der Waals surface area contributed by atoms with E-state index in [-0.39, 0.29) is 11.9 Å². The Morgan fingerprint density at radius 1 is 1.44 bits per heavy atom. The van der Waals surface area contributed by atoms with Gasteiger partial charge in [0.05, 0.1) is 13.2 Å². The Labute approximate surface area is 108 Å². The summed E-state index contributed by atoms with van der Waals surface area (Å²) < 4.78 is 5.21. The smallest absolute Gasteiger partial charge is 0.237 e. The van der Waals surface area contributed by atoms with Crippen LogP contribution >= 0.6 is 0 Å². The van der Waals surface area contributed by atoms with Gasteiger partial charge in [-0.1, -0.05) is 18.2 Å². The number of ether oxygens (including phenoxy) is 1. The van der Waals surface area contributed by atoms with Crippen molar-refractivity contribution < 1.29 is 9.53 Å². The fourth-order valence-corrected chi connectivity index (χ4v) is 1.67. The Bertz CT molecular complexity index is 449. The maximum Gasteiger partial charge on any atom is 0.237 e. The van der Waals surface area contributed by atoms with Crippen LogP contribution in [0.5, 0.6) is 5.75 Å². The van der Waals surface area contributed by atoms with Gasteiger partial charge in [-0.2, -0.15) is 5.26 Å². The van der Waals surface area contributed by atoms with Crippen LogP contribution < -0.4 is 10.1 Å². The van der Waals surface area contributed by atoms with E-state index in [1.54, 1.807) is 7.11 Å². The van der Waals surface area contributed by atoms with Gasteiger partial charge >= 0.3 is 0 Å². The van der Waals surface area contributed by atoms with Gasteiger partial charge in [0.1, 0.15) is 11.7 Å². The molecule has 1 atom stereocenters. The number of rotatable bonds is 5. The lowest BCUT2D eigenvalue weighted by Gasteiger charge is -2.14. The molecule has 0 radical (unpaired) electrons. The largest absolute Gasteiger partial charge is 0.496 e. The van der Waals surface area contributed by atoms with Crippen LogP contribution in [0.25, 0.3) is 0 Å². The average Bonchev–Trinajstić information content (AvgIpc) is 2.35. The average molecular weight is 246 g/mol. The van der Waals surface area contributed by atoms with E-state index in [4.69, 9.17) is 10.00 Å². The lowest BCUT2D eigenvalue weighted by Crippen LogP contribution is -2.36. The quantitative estimate of drug-likeness (QED) is 0.863. The van der Waals surface area contributed by atoms with E-state index >= 15 is 0 Å². The van der Waals surface area contributed by atoms with Crippen LogP contribution in [-0.4, -0.2) is 19.1 Å². The van der Waals surface area contributed by atoms with Crippen LogP contribution in [0.2, 0.25) is 0 Å². The molecular weight excluding hydrogens is 228 g/mol. The van der Waals surface area contributed by atoms with Crippen molar-refractivity contribution in [3.8, 4) is 11.8 Å². The predicted molar refractivity (Wildman–Crippen MR) is 69.1 cm³/mol. The predicted octanol–water partition coefficient (Wildman–Crippen LogP) is 1.90. The van der Waals surface area contributed by atoms with Crippen molar-refractivity contribution in [1.29, 1.82) is 5.26 Å². The van der Waals surface area contributed by atoms with Crippen LogP contribution in [0.1, 0.15) is 19.4 Å². The molecule has 1 aromatic carbocycles. The maximum atomic E-state index is 11.8. The van der Waals surface area contributed by atoms with Gasteiger partial charge in [-0.15, -0.1) is 0 Å². The third kappa shape index (κ3) is 3.77. The maximum absolute atomic E-state index is 11.8. The van der Waals surface area contributed by atoms with E-state index in [0.29, 0.717) is 12.2 Å². The van der Waals surface area contributed by atoms with E-state index in [9.17, 15) is 4.79 Å². The van der Waals surface area contributed by atoms with E-state index in [0.717, 1.165) is 5.56 Å². The minimum atomic E-state index is -0.691. The lowest BCUT2D eigenvalue weighted by molar-refractivity contribution is -0.123. The molecule has 0 saturated heterocycles. The fourth-order valence-electron chi connectivity index (χ4n) is 1.67. The first-order valence-electron chi connectivity index (χ1n) is 5.90. The number of amides is 1. The number of nitrogens with one attached hydrogen (secondary N) is 1. The number of hydrogen-bond donors (Lipinski definition) is 1. The summed E-state index contributed by atoms with van der Waals surface area (Å²) in [7, 11) is 1.58. The SMILES string of the molecule is COc1ccccc1CC(C#N)C(=O)NC(C)C. The first-order valence-corrected chi connectivity index (χ1v) is 5.90. The molecule has 4 heteroatoms. The molecular formula is C14H18N2O2. The number of nitriles is 1. The van der Waals surface area contributed by atoms with Crippen molar-refractivity contribution in [3.63, 3.8) is 0 Å². The van der Waals surface area contributed by atoms with Crippen LogP contribution in [0.3, 0.4) is 0 Å². The van der Waals surface area contributed by atoms with E-state index in [1.165, 1.54) is 0 Å². The number of para-hydroxylation sites is 1. The van der Waals surface area contributed by atoms with Crippen LogP contribution in [0.4, 0.5) is 0 Å². The van der Waals surface area contributed by atoms with Crippen molar-refractivity contribution in [2.24, 2.45) is 5.92 Å². The molecule has 18 heavy (non-hydrogen) atoms. The number of benzene rings is 1. The normalized spacial score (nSPS) is 11.7. The Kier molecular flexibility index (Phi) is 5.19. The molecule has 0 aliphatic carbocycles. The first-order chi connectivity index (χ1) is 8.58. The minimum Gasteiger partial charge on any atom is -0.496 e. The summed E-state index contributed by atoms with van der Waals surface area (Å²) in [5.41, 5.74) is 0.866. The zero-order chi connectivity index (χ0) is 13.5. The summed E-state index contributed by atoms with van der Waals surface area (Å²) in [5, 5.41) is 11.8. The molecule has 1 unspecified atom stereocenters. The molecule has 0 aliphatic heterocycles. The lowest BCUT2D eigenvalue weighted by atomic mass is 9.99. The minimum absolute atomic E-state index is 0.0334. The molecule has 0 bridgehead atoms. The Balaban J connectivity index is 2.80. The van der Waals surface area contributed by atoms with Crippen molar-refractivity contribution in [3.05, 3.63) is 29.8 Å². The molecule has 0 fully saturated rings. The third-order valence-corrected chi connectivity index (χ3v) is 2.52. The van der Waals surface area contributed by atoms with Gasteiger partial charge in [0.15, 0.2) is 0 Å². The first kappa shape index (κ1) is 14.0. The molecule has 96 valence electrons. The van der Waals surface area contributed by atoms with Gasteiger partial charge in [0.2, 0.25) is 5.91 Å². The fraction of sp³-hybridized carbons (Fsp3) is 0.429. The van der Waals surface area contributed by atoms with E-state index < -0.39 is 5.92 Å². The molecule has 0 heterocycles. The van der Waals surface area contributed by atoms with Crippen molar-refractivity contribution in [2.45, 2.75) is 26.3 Å². The van der Waals surface area contributed by atoms with E-state index in [2.05, 4.69) is 5.32 Å². The van der Waals surface area contributed by atoms with Crippen molar-refractivity contribution >= 4 is 5.91 Å². The molecule has 1 N–H and O–H groups in total. The molecule has 0 aliphatic rings. The number of carbonyl (C=O) groups excluding carboxylic acids is 1. The second-order valence-electron chi connectivity index (χ2n) is 4.36. The Morgan fingerprint density at radius 3 is 2.67 bits per heavy atom. The summed E-state index contributed by atoms with van der Waals surface area (Å²) in [6.07, 6.45) is 0.360. The summed E-state index contributed by atoms with van der Waals surface area (Å²) >= 11 is 0. The number of nitrogens with zero attached hydrogens (tertiary/aromatic N) is 1. The number of hydrogen-bond acceptors (Lipinski definition) is 3. The van der Waals surface area contributed by atoms with Crippen molar-refractivity contribution in [1.82, 2.24) is 5.32 Å². The molecule has 0 spiro atoms.